The molecule has 2 aromatic rings. The maximum atomic E-state index is 12.4. The van der Waals surface area contributed by atoms with Crippen LogP contribution in [0.15, 0.2) is 48.5 Å². The summed E-state index contributed by atoms with van der Waals surface area (Å²) in [6.45, 7) is 5.70. The quantitative estimate of drug-likeness (QED) is 0.796. The number of ether oxygens (including phenoxy) is 1. The molecule has 2 N–H and O–H groups in total. The van der Waals surface area contributed by atoms with Gasteiger partial charge in [0.05, 0.1) is 0 Å². The molecule has 2 rings (SSSR count). The van der Waals surface area contributed by atoms with Crippen LogP contribution in [0, 0.1) is 6.92 Å². The van der Waals surface area contributed by atoms with Gasteiger partial charge >= 0.3 is 0 Å². The summed E-state index contributed by atoms with van der Waals surface area (Å²) in [6, 6.07) is 14.6. The lowest BCUT2D eigenvalue weighted by molar-refractivity contribution is -0.122. The molecule has 0 fully saturated rings. The number of rotatable bonds is 7. The van der Waals surface area contributed by atoms with Gasteiger partial charge in [-0.25, -0.2) is 0 Å². The minimum atomic E-state index is -0.567. The first-order chi connectivity index (χ1) is 12.0. The Morgan fingerprint density at radius 2 is 1.48 bits per heavy atom. The van der Waals surface area contributed by atoms with Gasteiger partial charge in [0.15, 0.2) is 6.10 Å². The molecule has 2 amide bonds. The van der Waals surface area contributed by atoms with Crippen LogP contribution < -0.4 is 15.4 Å². The lowest BCUT2D eigenvalue weighted by Gasteiger charge is -2.17. The van der Waals surface area contributed by atoms with Gasteiger partial charge < -0.3 is 15.4 Å². The van der Waals surface area contributed by atoms with Crippen molar-refractivity contribution >= 4 is 23.2 Å². The Hall–Kier alpha value is -2.82. The molecule has 5 heteroatoms. The van der Waals surface area contributed by atoms with Crippen LogP contribution in [-0.2, 0) is 9.59 Å². The van der Waals surface area contributed by atoms with Gasteiger partial charge in [0, 0.05) is 17.8 Å². The molecule has 0 radical (unpaired) electrons. The summed E-state index contributed by atoms with van der Waals surface area (Å²) in [5.74, 6) is 0.424. The standard InChI is InChI=1S/C20H24N2O3/c1-4-18(25-17-12-6-14(3)7-13-17)20(24)22-16-10-8-15(9-11-16)21-19(23)5-2/h6-13,18H,4-5H2,1-3H3,(H,21,23)(H,22,24). The molecule has 0 aliphatic carbocycles. The number of amides is 2. The first kappa shape index (κ1) is 18.5. The van der Waals surface area contributed by atoms with Crippen LogP contribution in [0.3, 0.4) is 0 Å². The van der Waals surface area contributed by atoms with Gasteiger partial charge in [-0.1, -0.05) is 31.5 Å². The molecule has 2 aromatic carbocycles. The van der Waals surface area contributed by atoms with E-state index in [0.29, 0.717) is 30.0 Å². The van der Waals surface area contributed by atoms with Crippen LogP contribution in [0.5, 0.6) is 5.75 Å². The smallest absolute Gasteiger partial charge is 0.265 e. The Bertz CT molecular complexity index is 709. The highest BCUT2D eigenvalue weighted by molar-refractivity contribution is 5.95. The van der Waals surface area contributed by atoms with Crippen molar-refractivity contribution in [3.63, 3.8) is 0 Å². The van der Waals surface area contributed by atoms with Crippen LogP contribution in [-0.4, -0.2) is 17.9 Å². The zero-order chi connectivity index (χ0) is 18.2. The van der Waals surface area contributed by atoms with E-state index in [2.05, 4.69) is 10.6 Å². The van der Waals surface area contributed by atoms with Crippen molar-refractivity contribution in [3.05, 3.63) is 54.1 Å². The van der Waals surface area contributed by atoms with Crippen molar-refractivity contribution in [1.29, 1.82) is 0 Å². The Labute approximate surface area is 148 Å². The Morgan fingerprint density at radius 3 is 2.00 bits per heavy atom. The molecule has 25 heavy (non-hydrogen) atoms. The van der Waals surface area contributed by atoms with E-state index in [1.54, 1.807) is 31.2 Å². The van der Waals surface area contributed by atoms with Gasteiger partial charge in [-0.15, -0.1) is 0 Å². The van der Waals surface area contributed by atoms with Gasteiger partial charge in [0.25, 0.3) is 5.91 Å². The van der Waals surface area contributed by atoms with E-state index >= 15 is 0 Å². The predicted molar refractivity (Wildman–Crippen MR) is 99.9 cm³/mol. The van der Waals surface area contributed by atoms with Crippen LogP contribution in [0.4, 0.5) is 11.4 Å². The summed E-state index contributed by atoms with van der Waals surface area (Å²) >= 11 is 0. The molecule has 132 valence electrons. The van der Waals surface area contributed by atoms with Gasteiger partial charge in [-0.2, -0.15) is 0 Å². The highest BCUT2D eigenvalue weighted by Crippen LogP contribution is 2.17. The maximum Gasteiger partial charge on any atom is 0.265 e. The zero-order valence-corrected chi connectivity index (χ0v) is 14.8. The Balaban J connectivity index is 1.96. The molecule has 0 aromatic heterocycles. The van der Waals surface area contributed by atoms with Crippen molar-refractivity contribution in [2.75, 3.05) is 10.6 Å². The highest BCUT2D eigenvalue weighted by Gasteiger charge is 2.18. The van der Waals surface area contributed by atoms with E-state index in [1.165, 1.54) is 0 Å². The fourth-order valence-electron chi connectivity index (χ4n) is 2.21. The summed E-state index contributed by atoms with van der Waals surface area (Å²) in [4.78, 5) is 23.8. The summed E-state index contributed by atoms with van der Waals surface area (Å²) < 4.78 is 5.77. The monoisotopic (exact) mass is 340 g/mol. The molecular weight excluding hydrogens is 316 g/mol. The molecule has 0 aliphatic heterocycles. The average molecular weight is 340 g/mol. The summed E-state index contributed by atoms with van der Waals surface area (Å²) in [6.07, 6.45) is 0.416. The van der Waals surface area contributed by atoms with Crippen molar-refractivity contribution in [2.45, 2.75) is 39.7 Å². The third kappa shape index (κ3) is 5.64. The SMILES string of the molecule is CCC(=O)Nc1ccc(NC(=O)C(CC)Oc2ccc(C)cc2)cc1. The van der Waals surface area contributed by atoms with Crippen molar-refractivity contribution in [3.8, 4) is 5.75 Å². The first-order valence-corrected chi connectivity index (χ1v) is 8.46. The number of nitrogens with one attached hydrogen (secondary N) is 2. The summed E-state index contributed by atoms with van der Waals surface area (Å²) in [5, 5.41) is 5.61. The fourth-order valence-corrected chi connectivity index (χ4v) is 2.21. The number of aryl methyl sites for hydroxylation is 1. The molecule has 0 bridgehead atoms. The van der Waals surface area contributed by atoms with E-state index in [4.69, 9.17) is 4.74 Å². The zero-order valence-electron chi connectivity index (χ0n) is 14.8. The second-order valence-corrected chi connectivity index (χ2v) is 5.80. The normalized spacial score (nSPS) is 11.5. The lowest BCUT2D eigenvalue weighted by atomic mass is 10.2. The van der Waals surface area contributed by atoms with E-state index in [-0.39, 0.29) is 11.8 Å². The van der Waals surface area contributed by atoms with Crippen LogP contribution >= 0.6 is 0 Å². The van der Waals surface area contributed by atoms with E-state index in [1.807, 2.05) is 38.1 Å². The second-order valence-electron chi connectivity index (χ2n) is 5.80. The number of anilines is 2. The van der Waals surface area contributed by atoms with Crippen molar-refractivity contribution in [2.24, 2.45) is 0 Å². The molecule has 5 nitrogen and oxygen atoms in total. The predicted octanol–water partition coefficient (Wildman–Crippen LogP) is 4.14. The van der Waals surface area contributed by atoms with E-state index in [0.717, 1.165) is 5.56 Å². The number of hydrogen-bond donors (Lipinski definition) is 2. The molecule has 0 heterocycles. The minimum absolute atomic E-state index is 0.0469. The number of carbonyl (C=O) groups is 2. The van der Waals surface area contributed by atoms with Gasteiger partial charge in [-0.3, -0.25) is 9.59 Å². The lowest BCUT2D eigenvalue weighted by Crippen LogP contribution is -2.32. The summed E-state index contributed by atoms with van der Waals surface area (Å²) in [5.41, 5.74) is 2.50. The molecule has 0 saturated carbocycles. The van der Waals surface area contributed by atoms with Gasteiger partial charge in [-0.05, 0) is 49.7 Å². The number of benzene rings is 2. The summed E-state index contributed by atoms with van der Waals surface area (Å²) in [7, 11) is 0. The first-order valence-electron chi connectivity index (χ1n) is 8.46. The molecule has 0 aliphatic rings. The molecule has 0 saturated heterocycles. The van der Waals surface area contributed by atoms with Crippen molar-refractivity contribution in [1.82, 2.24) is 0 Å². The van der Waals surface area contributed by atoms with Crippen molar-refractivity contribution < 1.29 is 14.3 Å². The molecule has 1 unspecified atom stereocenters. The Kier molecular flexibility index (Phi) is 6.57. The fraction of sp³-hybridized carbons (Fsp3) is 0.300. The second kappa shape index (κ2) is 8.87. The van der Waals surface area contributed by atoms with E-state index < -0.39 is 6.10 Å². The van der Waals surface area contributed by atoms with Crippen LogP contribution in [0.1, 0.15) is 32.3 Å². The van der Waals surface area contributed by atoms with Gasteiger partial charge in [0.1, 0.15) is 5.75 Å². The topological polar surface area (TPSA) is 67.4 Å². The third-order valence-electron chi connectivity index (χ3n) is 3.72. The largest absolute Gasteiger partial charge is 0.481 e. The van der Waals surface area contributed by atoms with Crippen LogP contribution in [0.25, 0.3) is 0 Å². The minimum Gasteiger partial charge on any atom is -0.481 e. The number of carbonyl (C=O) groups excluding carboxylic acids is 2. The maximum absolute atomic E-state index is 12.4. The van der Waals surface area contributed by atoms with Gasteiger partial charge in [0.2, 0.25) is 5.91 Å². The average Bonchev–Trinajstić information content (AvgIpc) is 2.62. The molecule has 0 spiro atoms. The van der Waals surface area contributed by atoms with E-state index in [9.17, 15) is 9.59 Å². The molecule has 1 atom stereocenters. The Morgan fingerprint density at radius 1 is 0.920 bits per heavy atom. The third-order valence-corrected chi connectivity index (χ3v) is 3.72. The molecular formula is C20H24N2O3. The number of hydrogen-bond acceptors (Lipinski definition) is 3. The highest BCUT2D eigenvalue weighted by atomic mass is 16.5. The van der Waals surface area contributed by atoms with Crippen LogP contribution in [0.2, 0.25) is 0 Å².